The number of benzene rings is 2. The number of hydrogen-bond acceptors (Lipinski definition) is 5. The lowest BCUT2D eigenvalue weighted by Crippen LogP contribution is -2.35. The number of nitrogens with zero attached hydrogens (tertiary/aromatic N) is 2. The van der Waals surface area contributed by atoms with Gasteiger partial charge >= 0.3 is 0 Å². The SMILES string of the molecule is CN(C)[C@H]1CN([C@H]2C[C@H](O)c3cccc(F)c32)C[C@@H]1c1ccc(S(C)(=O)=O)cc1. The fraction of sp³-hybridized carbons (Fsp3) is 0.455. The Labute approximate surface area is 171 Å². The van der Waals surface area contributed by atoms with Crippen molar-refractivity contribution in [3.63, 3.8) is 0 Å². The van der Waals surface area contributed by atoms with Crippen molar-refractivity contribution >= 4 is 9.84 Å². The van der Waals surface area contributed by atoms with Crippen LogP contribution in [0.1, 0.15) is 41.2 Å². The molecule has 1 saturated heterocycles. The number of sulfone groups is 1. The Balaban J connectivity index is 1.64. The van der Waals surface area contributed by atoms with Crippen molar-refractivity contribution in [2.75, 3.05) is 33.4 Å². The third-order valence-corrected chi connectivity index (χ3v) is 7.51. The van der Waals surface area contributed by atoms with Gasteiger partial charge in [0.1, 0.15) is 5.82 Å². The van der Waals surface area contributed by atoms with Crippen LogP contribution >= 0.6 is 0 Å². The lowest BCUT2D eigenvalue weighted by Gasteiger charge is -2.26. The van der Waals surface area contributed by atoms with E-state index in [1.54, 1.807) is 18.2 Å². The molecule has 7 heteroatoms. The molecule has 1 fully saturated rings. The average Bonchev–Trinajstić information content (AvgIpc) is 3.24. The number of aliphatic hydroxyl groups is 1. The molecular formula is C22H27FN2O3S. The van der Waals surface area contributed by atoms with Crippen molar-refractivity contribution in [1.82, 2.24) is 9.80 Å². The second-order valence-electron chi connectivity index (χ2n) is 8.44. The quantitative estimate of drug-likeness (QED) is 0.827. The molecule has 0 amide bonds. The average molecular weight is 419 g/mol. The van der Waals surface area contributed by atoms with Crippen LogP contribution in [0.15, 0.2) is 47.4 Å². The van der Waals surface area contributed by atoms with E-state index in [1.807, 2.05) is 32.3 Å². The molecule has 4 atom stereocenters. The van der Waals surface area contributed by atoms with E-state index in [0.717, 1.165) is 18.7 Å². The van der Waals surface area contributed by atoms with Gasteiger partial charge in [-0.25, -0.2) is 12.8 Å². The van der Waals surface area contributed by atoms with E-state index in [1.165, 1.54) is 12.3 Å². The van der Waals surface area contributed by atoms with Gasteiger partial charge in [0.2, 0.25) is 0 Å². The van der Waals surface area contributed by atoms with Crippen molar-refractivity contribution in [2.24, 2.45) is 0 Å². The lowest BCUT2D eigenvalue weighted by molar-refractivity contribution is 0.133. The maximum Gasteiger partial charge on any atom is 0.175 e. The van der Waals surface area contributed by atoms with Crippen molar-refractivity contribution in [3.8, 4) is 0 Å². The van der Waals surface area contributed by atoms with E-state index in [9.17, 15) is 17.9 Å². The molecule has 1 heterocycles. The van der Waals surface area contributed by atoms with Gasteiger partial charge in [-0.3, -0.25) is 4.90 Å². The summed E-state index contributed by atoms with van der Waals surface area (Å²) in [4.78, 5) is 4.74. The summed E-state index contributed by atoms with van der Waals surface area (Å²) in [5, 5.41) is 10.4. The summed E-state index contributed by atoms with van der Waals surface area (Å²) in [6.45, 7) is 1.49. The Hall–Kier alpha value is -1.80. The van der Waals surface area contributed by atoms with Crippen molar-refractivity contribution in [1.29, 1.82) is 0 Å². The molecule has 29 heavy (non-hydrogen) atoms. The van der Waals surface area contributed by atoms with Gasteiger partial charge in [-0.05, 0) is 49.8 Å². The highest BCUT2D eigenvalue weighted by Crippen LogP contribution is 2.46. The molecule has 1 aliphatic heterocycles. The second kappa shape index (κ2) is 7.47. The normalized spacial score (nSPS) is 27.5. The molecule has 4 rings (SSSR count). The van der Waals surface area contributed by atoms with E-state index in [2.05, 4.69) is 9.80 Å². The third-order valence-electron chi connectivity index (χ3n) is 6.38. The van der Waals surface area contributed by atoms with Gasteiger partial charge in [-0.2, -0.15) is 0 Å². The smallest absolute Gasteiger partial charge is 0.175 e. The number of fused-ring (bicyclic) bond motifs is 1. The van der Waals surface area contributed by atoms with Crippen LogP contribution in [0.4, 0.5) is 4.39 Å². The number of likely N-dealkylation sites (N-methyl/N-ethyl adjacent to an activating group) is 1. The molecule has 0 spiro atoms. The summed E-state index contributed by atoms with van der Waals surface area (Å²) in [7, 11) is 0.832. The largest absolute Gasteiger partial charge is 0.388 e. The molecule has 156 valence electrons. The zero-order valence-corrected chi connectivity index (χ0v) is 17.7. The Morgan fingerprint density at radius 2 is 1.79 bits per heavy atom. The van der Waals surface area contributed by atoms with Gasteiger partial charge < -0.3 is 10.0 Å². The van der Waals surface area contributed by atoms with E-state index >= 15 is 0 Å². The molecule has 0 bridgehead atoms. The number of likely N-dealkylation sites (tertiary alicyclic amines) is 1. The Morgan fingerprint density at radius 1 is 1.10 bits per heavy atom. The number of rotatable bonds is 4. The highest BCUT2D eigenvalue weighted by Gasteiger charge is 2.43. The van der Waals surface area contributed by atoms with Crippen molar-refractivity contribution in [3.05, 3.63) is 65.0 Å². The van der Waals surface area contributed by atoms with Crippen LogP contribution in [0.25, 0.3) is 0 Å². The van der Waals surface area contributed by atoms with Crippen molar-refractivity contribution in [2.45, 2.75) is 35.4 Å². The first-order valence-corrected chi connectivity index (χ1v) is 11.7. The summed E-state index contributed by atoms with van der Waals surface area (Å²) in [5.74, 6) is -0.0852. The maximum atomic E-state index is 14.6. The van der Waals surface area contributed by atoms with Gasteiger partial charge in [0.25, 0.3) is 0 Å². The number of halogens is 1. The van der Waals surface area contributed by atoms with Gasteiger partial charge in [-0.1, -0.05) is 24.3 Å². The van der Waals surface area contributed by atoms with E-state index < -0.39 is 15.9 Å². The first kappa shape index (κ1) is 20.5. The fourth-order valence-corrected chi connectivity index (χ4v) is 5.50. The lowest BCUT2D eigenvalue weighted by atomic mass is 9.94. The molecule has 0 unspecified atom stereocenters. The first-order valence-electron chi connectivity index (χ1n) is 9.83. The summed E-state index contributed by atoms with van der Waals surface area (Å²) >= 11 is 0. The molecule has 2 aromatic carbocycles. The Morgan fingerprint density at radius 3 is 2.41 bits per heavy atom. The highest BCUT2D eigenvalue weighted by atomic mass is 32.2. The molecule has 1 aliphatic carbocycles. The zero-order chi connectivity index (χ0) is 20.9. The van der Waals surface area contributed by atoms with E-state index in [4.69, 9.17) is 0 Å². The predicted molar refractivity (Wildman–Crippen MR) is 110 cm³/mol. The molecule has 5 nitrogen and oxygen atoms in total. The van der Waals surface area contributed by atoms with Crippen LogP contribution in [-0.2, 0) is 9.84 Å². The van der Waals surface area contributed by atoms with Crippen molar-refractivity contribution < 1.29 is 17.9 Å². The maximum absolute atomic E-state index is 14.6. The first-order chi connectivity index (χ1) is 13.7. The topological polar surface area (TPSA) is 60.9 Å². The molecule has 0 radical (unpaired) electrons. The van der Waals surface area contributed by atoms with Crippen LogP contribution in [0.5, 0.6) is 0 Å². The Kier molecular flexibility index (Phi) is 5.27. The summed E-state index contributed by atoms with van der Waals surface area (Å²) in [6.07, 6.45) is 1.06. The third kappa shape index (κ3) is 3.72. The molecule has 2 aromatic rings. The highest BCUT2D eigenvalue weighted by molar-refractivity contribution is 7.90. The number of aliphatic hydroxyl groups excluding tert-OH is 1. The van der Waals surface area contributed by atoms with Gasteiger partial charge in [0, 0.05) is 42.9 Å². The van der Waals surface area contributed by atoms with Gasteiger partial charge in [0.05, 0.1) is 11.0 Å². The van der Waals surface area contributed by atoms with Crippen LogP contribution < -0.4 is 0 Å². The molecule has 0 aromatic heterocycles. The Bertz CT molecular complexity index is 1010. The van der Waals surface area contributed by atoms with E-state index in [0.29, 0.717) is 22.4 Å². The monoisotopic (exact) mass is 418 g/mol. The standard InChI is InChI=1S/C22H27FN2O3S/c1-24(2)20-13-25(19-11-21(26)16-5-4-6-18(23)22(16)19)12-17(20)14-7-9-15(10-8-14)29(3,27)28/h4-10,17,19-21,26H,11-13H2,1-3H3/t17-,19+,20+,21+/m1/s1. The zero-order valence-electron chi connectivity index (χ0n) is 16.9. The molecule has 0 saturated carbocycles. The van der Waals surface area contributed by atoms with Crippen LogP contribution in [0.3, 0.4) is 0 Å². The van der Waals surface area contributed by atoms with Crippen LogP contribution in [0, 0.1) is 5.82 Å². The second-order valence-corrected chi connectivity index (χ2v) is 10.5. The molecular weight excluding hydrogens is 391 g/mol. The molecule has 1 N–H and O–H groups in total. The predicted octanol–water partition coefficient (Wildman–Crippen LogP) is 2.74. The minimum absolute atomic E-state index is 0.149. The van der Waals surface area contributed by atoms with Gasteiger partial charge in [0.15, 0.2) is 9.84 Å². The van der Waals surface area contributed by atoms with Crippen LogP contribution in [0.2, 0.25) is 0 Å². The minimum Gasteiger partial charge on any atom is -0.388 e. The minimum atomic E-state index is -3.23. The van der Waals surface area contributed by atoms with Gasteiger partial charge in [-0.15, -0.1) is 0 Å². The number of hydrogen-bond donors (Lipinski definition) is 1. The van der Waals surface area contributed by atoms with E-state index in [-0.39, 0.29) is 23.8 Å². The summed E-state index contributed by atoms with van der Waals surface area (Å²) < 4.78 is 38.1. The fourth-order valence-electron chi connectivity index (χ4n) is 4.87. The molecule has 2 aliphatic rings. The van der Waals surface area contributed by atoms with Crippen LogP contribution in [-0.4, -0.2) is 62.8 Å². The summed E-state index contributed by atoms with van der Waals surface area (Å²) in [6, 6.07) is 12.1. The summed E-state index contributed by atoms with van der Waals surface area (Å²) in [5.41, 5.74) is 2.38.